The van der Waals surface area contributed by atoms with Crippen LogP contribution in [0.4, 0.5) is 11.4 Å². The second-order valence-electron chi connectivity index (χ2n) is 20.2. The van der Waals surface area contributed by atoms with Crippen molar-refractivity contribution in [2.24, 2.45) is 11.8 Å². The van der Waals surface area contributed by atoms with Gasteiger partial charge in [0, 0.05) is 65.7 Å². The number of non-ortho nitro benzene ring substituents is 2. The largest absolute Gasteiger partial charge is 0.270 e. The van der Waals surface area contributed by atoms with Gasteiger partial charge in [0.2, 0.25) is 0 Å². The van der Waals surface area contributed by atoms with E-state index < -0.39 is 11.1 Å². The molecule has 4 aromatic heterocycles. The van der Waals surface area contributed by atoms with Gasteiger partial charge in [0.25, 0.3) is 11.4 Å². The Balaban J connectivity index is 0.000000160. The van der Waals surface area contributed by atoms with Crippen LogP contribution in [0.5, 0.6) is 0 Å². The van der Waals surface area contributed by atoms with Gasteiger partial charge >= 0.3 is 0 Å². The smallest absolute Gasteiger partial charge is 0.258 e. The fraction of sp³-hybridized carbons (Fsp3) is 0.152. The summed E-state index contributed by atoms with van der Waals surface area (Å²) >= 11 is 6.89. The fourth-order valence-corrected chi connectivity index (χ4v) is 12.9. The first-order chi connectivity index (χ1) is 39.4. The molecule has 0 bridgehead atoms. The van der Waals surface area contributed by atoms with E-state index in [1.54, 1.807) is 46.9 Å². The molecule has 0 spiro atoms. The summed E-state index contributed by atoms with van der Waals surface area (Å²) in [5.41, 5.74) is 6.92. The monoisotopic (exact) mass is 1170 g/mol. The Morgan fingerprint density at radius 2 is 0.864 bits per heavy atom. The highest BCUT2D eigenvalue weighted by molar-refractivity contribution is 9.10. The molecule has 12 rings (SSSR count). The van der Waals surface area contributed by atoms with Crippen molar-refractivity contribution < 1.29 is 9.85 Å². The Labute approximate surface area is 486 Å². The van der Waals surface area contributed by atoms with Crippen molar-refractivity contribution >= 4 is 71.8 Å². The van der Waals surface area contributed by atoms with Crippen LogP contribution in [0.3, 0.4) is 0 Å². The summed E-state index contributed by atoms with van der Waals surface area (Å²) in [5, 5.41) is 39.2. The number of halogens is 1. The Kier molecular flexibility index (Phi) is 17.0. The van der Waals surface area contributed by atoms with Crippen LogP contribution in [-0.2, 0) is 23.9 Å². The van der Waals surface area contributed by atoms with Crippen molar-refractivity contribution in [3.63, 3.8) is 0 Å². The normalized spacial score (nSPS) is 11.5. The van der Waals surface area contributed by atoms with Crippen molar-refractivity contribution in [2.45, 2.75) is 51.6 Å². The average molecular weight is 1170 g/mol. The van der Waals surface area contributed by atoms with Gasteiger partial charge in [0.05, 0.1) is 35.8 Å². The lowest BCUT2D eigenvalue weighted by Gasteiger charge is -2.37. The molecule has 404 valence electrons. The third-order valence-corrected chi connectivity index (χ3v) is 16.3. The van der Waals surface area contributed by atoms with Gasteiger partial charge < -0.3 is 0 Å². The van der Waals surface area contributed by atoms with Gasteiger partial charge in [0.1, 0.15) is 21.4 Å². The standard InChI is InChI=1S/C33H28N4O2S.C26H18BrN3O2.C7H11NS/c1-23(2)20-31-34-22-30(40-31)32-28-21-27(37(38)39)18-19-29(28)36(35-32)33(24-12-6-3-7-13-24,25-14-8-4-9-15-25)26-16-10-5-11-17-26;27-25-23-18-22(30(31)32)16-17-24(23)29(28-25)26(19-10-4-1-5-11-19,20-12-6-2-7-13-20)21-14-8-3-9-15-21;1-6(2)5-7-8-3-4-9-7/h3-19,21-23H,20H2,1-2H3;1-18H;3-4,6H,5H2,1-2H3. The minimum absolute atomic E-state index is 0.0301. The molecule has 0 unspecified atom stereocenters. The lowest BCUT2D eigenvalue weighted by molar-refractivity contribution is -0.384. The van der Waals surface area contributed by atoms with E-state index in [1.807, 2.05) is 142 Å². The molecule has 0 atom stereocenters. The van der Waals surface area contributed by atoms with Crippen molar-refractivity contribution in [3.05, 3.63) is 304 Å². The maximum atomic E-state index is 11.9. The predicted molar refractivity (Wildman–Crippen MR) is 330 cm³/mol. The molecule has 0 radical (unpaired) electrons. The number of aromatic nitrogens is 6. The molecular formula is C66H57BrN8O4S2. The summed E-state index contributed by atoms with van der Waals surface area (Å²) in [7, 11) is 0. The van der Waals surface area contributed by atoms with Crippen LogP contribution in [0.1, 0.15) is 71.1 Å². The Morgan fingerprint density at radius 1 is 0.494 bits per heavy atom. The number of fused-ring (bicyclic) bond motifs is 2. The predicted octanol–water partition coefficient (Wildman–Crippen LogP) is 17.0. The van der Waals surface area contributed by atoms with E-state index in [-0.39, 0.29) is 21.2 Å². The lowest BCUT2D eigenvalue weighted by Crippen LogP contribution is -2.38. The first-order valence-electron chi connectivity index (χ1n) is 26.6. The van der Waals surface area contributed by atoms with Crippen LogP contribution in [0.2, 0.25) is 0 Å². The molecular weight excluding hydrogens is 1110 g/mol. The molecule has 0 saturated heterocycles. The summed E-state index contributed by atoms with van der Waals surface area (Å²) < 4.78 is 4.57. The lowest BCUT2D eigenvalue weighted by atomic mass is 9.77. The summed E-state index contributed by atoms with van der Waals surface area (Å²) in [5.74, 6) is 1.20. The zero-order valence-corrected chi connectivity index (χ0v) is 48.2. The first kappa shape index (κ1) is 55.6. The SMILES string of the molecule is CC(C)Cc1ncc(-c2nn(C(c3ccccc3)(c3ccccc3)c3ccccc3)c3ccc([N+](=O)[O-])cc23)s1.CC(C)Cc1nccs1.O=[N+]([O-])c1ccc2c(c1)c(Br)nn2C(c1ccccc1)(c1ccccc1)c1ccccc1. The Hall–Kier alpha value is -8.76. The van der Waals surface area contributed by atoms with E-state index in [0.29, 0.717) is 21.6 Å². The summed E-state index contributed by atoms with van der Waals surface area (Å²) in [6.45, 7) is 8.76. The molecule has 0 saturated carbocycles. The van der Waals surface area contributed by atoms with E-state index in [1.165, 1.54) is 11.1 Å². The molecule has 0 fully saturated rings. The number of benzene rings is 8. The van der Waals surface area contributed by atoms with Crippen LogP contribution >= 0.6 is 38.6 Å². The second-order valence-corrected chi connectivity index (χ2v) is 23.1. The molecule has 81 heavy (non-hydrogen) atoms. The van der Waals surface area contributed by atoms with Gasteiger partial charge in [-0.3, -0.25) is 20.2 Å². The maximum Gasteiger partial charge on any atom is 0.270 e. The third-order valence-electron chi connectivity index (χ3n) is 13.9. The van der Waals surface area contributed by atoms with Gasteiger partial charge in [-0.05, 0) is 73.3 Å². The van der Waals surface area contributed by atoms with Crippen LogP contribution in [0.25, 0.3) is 32.4 Å². The molecule has 15 heteroatoms. The molecule has 0 aliphatic rings. The van der Waals surface area contributed by atoms with Gasteiger partial charge in [-0.25, -0.2) is 19.3 Å². The minimum Gasteiger partial charge on any atom is -0.258 e. The Morgan fingerprint density at radius 3 is 1.23 bits per heavy atom. The highest BCUT2D eigenvalue weighted by atomic mass is 79.9. The Bertz CT molecular complexity index is 3830. The zero-order valence-electron chi connectivity index (χ0n) is 45.0. The number of nitro groups is 2. The van der Waals surface area contributed by atoms with Crippen molar-refractivity contribution in [2.75, 3.05) is 0 Å². The van der Waals surface area contributed by atoms with Crippen LogP contribution in [-0.4, -0.2) is 39.4 Å². The quantitative estimate of drug-likeness (QED) is 0.0560. The number of thiazole rings is 2. The summed E-state index contributed by atoms with van der Waals surface area (Å²) in [6.07, 6.45) is 5.70. The molecule has 0 aliphatic carbocycles. The van der Waals surface area contributed by atoms with Gasteiger partial charge in [-0.2, -0.15) is 10.2 Å². The van der Waals surface area contributed by atoms with Crippen LogP contribution in [0.15, 0.2) is 241 Å². The van der Waals surface area contributed by atoms with Crippen molar-refractivity contribution in [3.8, 4) is 10.6 Å². The van der Waals surface area contributed by atoms with E-state index in [2.05, 4.69) is 126 Å². The van der Waals surface area contributed by atoms with Crippen molar-refractivity contribution in [1.29, 1.82) is 0 Å². The number of rotatable bonds is 15. The van der Waals surface area contributed by atoms with E-state index in [9.17, 15) is 20.2 Å². The van der Waals surface area contributed by atoms with Crippen LogP contribution in [0, 0.1) is 32.1 Å². The van der Waals surface area contributed by atoms with Crippen molar-refractivity contribution in [1.82, 2.24) is 29.5 Å². The third kappa shape index (κ3) is 11.4. The molecule has 12 nitrogen and oxygen atoms in total. The van der Waals surface area contributed by atoms with Gasteiger partial charge in [0.15, 0.2) is 0 Å². The molecule has 0 aliphatic heterocycles. The molecule has 4 heterocycles. The number of nitro benzene ring substituents is 2. The molecule has 8 aromatic carbocycles. The molecule has 12 aromatic rings. The number of nitrogens with zero attached hydrogens (tertiary/aromatic N) is 8. The van der Waals surface area contributed by atoms with Gasteiger partial charge in [-0.1, -0.05) is 210 Å². The topological polar surface area (TPSA) is 148 Å². The molecule has 0 amide bonds. The zero-order chi connectivity index (χ0) is 56.5. The number of hydrogen-bond acceptors (Lipinski definition) is 10. The fourth-order valence-electron chi connectivity index (χ4n) is 10.5. The summed E-state index contributed by atoms with van der Waals surface area (Å²) in [6, 6.07) is 71.4. The second kappa shape index (κ2) is 24.7. The van der Waals surface area contributed by atoms with Crippen LogP contribution < -0.4 is 0 Å². The van der Waals surface area contributed by atoms with E-state index in [4.69, 9.17) is 10.2 Å². The summed E-state index contributed by atoms with van der Waals surface area (Å²) in [4.78, 5) is 32.2. The average Bonchev–Trinajstić information content (AvgIpc) is 4.53. The first-order valence-corrected chi connectivity index (χ1v) is 29.1. The van der Waals surface area contributed by atoms with E-state index in [0.717, 1.165) is 78.4 Å². The van der Waals surface area contributed by atoms with E-state index >= 15 is 0 Å². The minimum atomic E-state index is -0.845. The highest BCUT2D eigenvalue weighted by Crippen LogP contribution is 2.46. The maximum absolute atomic E-state index is 11.9. The molecule has 0 N–H and O–H groups in total. The number of hydrogen-bond donors (Lipinski definition) is 0. The van der Waals surface area contributed by atoms with Gasteiger partial charge in [-0.15, -0.1) is 22.7 Å². The highest BCUT2D eigenvalue weighted by Gasteiger charge is 2.43.